The van der Waals surface area contributed by atoms with Gasteiger partial charge in [0.25, 0.3) is 17.7 Å². The van der Waals surface area contributed by atoms with Gasteiger partial charge in [-0.15, -0.1) is 11.8 Å². The van der Waals surface area contributed by atoms with Crippen LogP contribution in [0.1, 0.15) is 31.1 Å². The summed E-state index contributed by atoms with van der Waals surface area (Å²) in [5.74, 6) is -0.929. The van der Waals surface area contributed by atoms with Crippen LogP contribution < -0.4 is 5.32 Å². The molecule has 2 aromatic rings. The maximum Gasteiger partial charge on any atom is 0.261 e. The van der Waals surface area contributed by atoms with E-state index in [-0.39, 0.29) is 17.7 Å². The minimum Gasteiger partial charge on any atom is -0.322 e. The zero-order valence-corrected chi connectivity index (χ0v) is 13.4. The van der Waals surface area contributed by atoms with Crippen molar-refractivity contribution in [3.63, 3.8) is 0 Å². The fraction of sp³-hybridized carbons (Fsp3) is 0.118. The van der Waals surface area contributed by atoms with Crippen molar-refractivity contribution in [2.45, 2.75) is 4.90 Å². The van der Waals surface area contributed by atoms with Gasteiger partial charge in [0.2, 0.25) is 0 Å². The van der Waals surface area contributed by atoms with Crippen LogP contribution in [0.15, 0.2) is 47.4 Å². The Labute approximate surface area is 137 Å². The first-order chi connectivity index (χ1) is 11.0. The van der Waals surface area contributed by atoms with E-state index in [0.717, 1.165) is 9.80 Å². The number of imide groups is 1. The summed E-state index contributed by atoms with van der Waals surface area (Å²) in [5, 5.41) is 2.78. The van der Waals surface area contributed by atoms with E-state index in [4.69, 9.17) is 0 Å². The number of hydrogen-bond donors (Lipinski definition) is 1. The molecule has 1 heterocycles. The van der Waals surface area contributed by atoms with Crippen molar-refractivity contribution in [2.24, 2.45) is 0 Å². The quantitative estimate of drug-likeness (QED) is 0.696. The van der Waals surface area contributed by atoms with Crippen LogP contribution in [0.25, 0.3) is 0 Å². The first-order valence-electron chi connectivity index (χ1n) is 6.93. The van der Waals surface area contributed by atoms with Gasteiger partial charge in [0.1, 0.15) is 0 Å². The molecule has 5 nitrogen and oxygen atoms in total. The van der Waals surface area contributed by atoms with Crippen molar-refractivity contribution >= 4 is 35.2 Å². The standard InChI is InChI=1S/C17H14N2O3S/c1-19-16(21)11-8-7-10(9-13(11)17(19)22)18-15(20)12-5-3-4-6-14(12)23-2/h3-9H,1-2H3,(H,18,20). The predicted octanol–water partition coefficient (Wildman–Crippen LogP) is 2.89. The van der Waals surface area contributed by atoms with Crippen LogP contribution in [0, 0.1) is 0 Å². The van der Waals surface area contributed by atoms with Gasteiger partial charge in [-0.3, -0.25) is 19.3 Å². The number of nitrogens with zero attached hydrogens (tertiary/aromatic N) is 1. The summed E-state index contributed by atoms with van der Waals surface area (Å²) in [7, 11) is 1.44. The Morgan fingerprint density at radius 3 is 2.48 bits per heavy atom. The van der Waals surface area contributed by atoms with Crippen LogP contribution in [0.2, 0.25) is 0 Å². The summed E-state index contributed by atoms with van der Waals surface area (Å²) >= 11 is 1.49. The Morgan fingerprint density at radius 2 is 1.74 bits per heavy atom. The summed E-state index contributed by atoms with van der Waals surface area (Å²) in [4.78, 5) is 38.2. The maximum absolute atomic E-state index is 12.4. The molecule has 0 aromatic heterocycles. The van der Waals surface area contributed by atoms with Crippen LogP contribution in [0.3, 0.4) is 0 Å². The molecule has 0 saturated carbocycles. The Bertz CT molecular complexity index is 832. The van der Waals surface area contributed by atoms with Crippen molar-refractivity contribution < 1.29 is 14.4 Å². The third-order valence-electron chi connectivity index (χ3n) is 3.70. The highest BCUT2D eigenvalue weighted by Gasteiger charge is 2.32. The first-order valence-corrected chi connectivity index (χ1v) is 8.16. The molecule has 0 spiro atoms. The average Bonchev–Trinajstić information content (AvgIpc) is 2.79. The van der Waals surface area contributed by atoms with E-state index >= 15 is 0 Å². The van der Waals surface area contributed by atoms with Crippen molar-refractivity contribution in [3.05, 3.63) is 59.2 Å². The molecule has 1 aliphatic heterocycles. The van der Waals surface area contributed by atoms with Crippen LogP contribution in [0.4, 0.5) is 5.69 Å². The molecule has 116 valence electrons. The minimum atomic E-state index is -0.356. The van der Waals surface area contributed by atoms with Gasteiger partial charge >= 0.3 is 0 Å². The molecule has 23 heavy (non-hydrogen) atoms. The van der Waals surface area contributed by atoms with Crippen LogP contribution in [-0.2, 0) is 0 Å². The van der Waals surface area contributed by atoms with E-state index in [1.165, 1.54) is 18.8 Å². The van der Waals surface area contributed by atoms with E-state index in [1.807, 2.05) is 18.4 Å². The number of carbonyl (C=O) groups excluding carboxylic acids is 3. The minimum absolute atomic E-state index is 0.250. The lowest BCUT2D eigenvalue weighted by atomic mass is 10.1. The second-order valence-corrected chi connectivity index (χ2v) is 5.93. The van der Waals surface area contributed by atoms with Crippen LogP contribution in [0.5, 0.6) is 0 Å². The molecule has 0 unspecified atom stereocenters. The lowest BCUT2D eigenvalue weighted by molar-refractivity contribution is 0.0692. The van der Waals surface area contributed by atoms with Crippen molar-refractivity contribution in [1.29, 1.82) is 0 Å². The maximum atomic E-state index is 12.4. The number of benzene rings is 2. The number of fused-ring (bicyclic) bond motifs is 1. The normalized spacial score (nSPS) is 13.2. The van der Waals surface area contributed by atoms with Crippen molar-refractivity contribution in [1.82, 2.24) is 4.90 Å². The van der Waals surface area contributed by atoms with Gasteiger partial charge in [-0.2, -0.15) is 0 Å². The molecule has 1 N–H and O–H groups in total. The summed E-state index contributed by atoms with van der Waals surface area (Å²) in [6.45, 7) is 0. The van der Waals surface area contributed by atoms with E-state index in [1.54, 1.807) is 30.3 Å². The highest BCUT2D eigenvalue weighted by atomic mass is 32.2. The van der Waals surface area contributed by atoms with Crippen molar-refractivity contribution in [2.75, 3.05) is 18.6 Å². The van der Waals surface area contributed by atoms with Gasteiger partial charge in [0, 0.05) is 17.6 Å². The summed E-state index contributed by atoms with van der Waals surface area (Å²) in [6.07, 6.45) is 1.90. The number of amides is 3. The number of hydrogen-bond acceptors (Lipinski definition) is 4. The molecule has 0 saturated heterocycles. The Morgan fingerprint density at radius 1 is 1.04 bits per heavy atom. The Hall–Kier alpha value is -2.60. The zero-order valence-electron chi connectivity index (χ0n) is 12.6. The lowest BCUT2D eigenvalue weighted by Gasteiger charge is -2.09. The van der Waals surface area contributed by atoms with Gasteiger partial charge in [-0.25, -0.2) is 0 Å². The van der Waals surface area contributed by atoms with Crippen LogP contribution in [-0.4, -0.2) is 35.9 Å². The van der Waals surface area contributed by atoms with Gasteiger partial charge in [-0.1, -0.05) is 12.1 Å². The molecule has 0 radical (unpaired) electrons. The fourth-order valence-corrected chi connectivity index (χ4v) is 3.06. The number of thioether (sulfide) groups is 1. The highest BCUT2D eigenvalue weighted by molar-refractivity contribution is 7.98. The molecule has 3 rings (SSSR count). The number of rotatable bonds is 3. The molecule has 0 bridgehead atoms. The summed E-state index contributed by atoms with van der Waals surface area (Å²) < 4.78 is 0. The highest BCUT2D eigenvalue weighted by Crippen LogP contribution is 2.26. The van der Waals surface area contributed by atoms with E-state index in [0.29, 0.717) is 22.4 Å². The smallest absolute Gasteiger partial charge is 0.261 e. The topological polar surface area (TPSA) is 66.5 Å². The summed E-state index contributed by atoms with van der Waals surface area (Å²) in [6, 6.07) is 12.0. The Kier molecular flexibility index (Phi) is 3.92. The molecular weight excluding hydrogens is 312 g/mol. The van der Waals surface area contributed by atoms with E-state index in [9.17, 15) is 14.4 Å². The summed E-state index contributed by atoms with van der Waals surface area (Å²) in [5.41, 5.74) is 1.73. The fourth-order valence-electron chi connectivity index (χ4n) is 2.47. The average molecular weight is 326 g/mol. The second kappa shape index (κ2) is 5.89. The van der Waals surface area contributed by atoms with Gasteiger partial charge in [0.05, 0.1) is 16.7 Å². The molecular formula is C17H14N2O3S. The molecule has 0 fully saturated rings. The largest absolute Gasteiger partial charge is 0.322 e. The second-order valence-electron chi connectivity index (χ2n) is 5.08. The number of anilines is 1. The van der Waals surface area contributed by atoms with E-state index in [2.05, 4.69) is 5.32 Å². The van der Waals surface area contributed by atoms with Crippen molar-refractivity contribution in [3.8, 4) is 0 Å². The lowest BCUT2D eigenvalue weighted by Crippen LogP contribution is -2.24. The molecule has 1 aliphatic rings. The SMILES string of the molecule is CSc1ccccc1C(=O)Nc1ccc2c(c1)C(=O)N(C)C2=O. The Balaban J connectivity index is 1.89. The third-order valence-corrected chi connectivity index (χ3v) is 4.49. The molecule has 2 aromatic carbocycles. The monoisotopic (exact) mass is 326 g/mol. The van der Waals surface area contributed by atoms with Gasteiger partial charge in [0.15, 0.2) is 0 Å². The zero-order chi connectivity index (χ0) is 16.6. The van der Waals surface area contributed by atoms with Gasteiger partial charge in [-0.05, 0) is 36.6 Å². The molecule has 6 heteroatoms. The molecule has 3 amide bonds. The third kappa shape index (κ3) is 2.61. The number of carbonyl (C=O) groups is 3. The van der Waals surface area contributed by atoms with Gasteiger partial charge < -0.3 is 5.32 Å². The molecule has 0 atom stereocenters. The molecule has 0 aliphatic carbocycles. The van der Waals surface area contributed by atoms with E-state index < -0.39 is 0 Å². The first kappa shape index (κ1) is 15.3. The van der Waals surface area contributed by atoms with Crippen LogP contribution >= 0.6 is 11.8 Å². The predicted molar refractivity (Wildman–Crippen MR) is 89.0 cm³/mol. The number of nitrogens with one attached hydrogen (secondary N) is 1.